The molecule has 2 heterocycles. The average molecular weight is 248 g/mol. The molecule has 0 aromatic carbocycles. The van der Waals surface area contributed by atoms with Gasteiger partial charge in [-0.1, -0.05) is 13.0 Å². The highest BCUT2D eigenvalue weighted by molar-refractivity contribution is 5.47. The molecule has 1 fully saturated rings. The number of piperazine rings is 1. The Kier molecular flexibility index (Phi) is 4.55. The molecule has 2 rings (SSSR count). The van der Waals surface area contributed by atoms with E-state index < -0.39 is 0 Å². The molecule has 4 heteroatoms. The maximum absolute atomic E-state index is 5.91. The molecule has 0 spiro atoms. The minimum atomic E-state index is 0.185. The number of aromatic nitrogens is 1. The number of likely N-dealkylation sites (N-methyl/N-ethyl adjacent to an activating group) is 1. The van der Waals surface area contributed by atoms with E-state index in [9.17, 15) is 0 Å². The van der Waals surface area contributed by atoms with Gasteiger partial charge in [0.25, 0.3) is 0 Å². The third kappa shape index (κ3) is 3.21. The van der Waals surface area contributed by atoms with E-state index in [0.717, 1.165) is 45.0 Å². The lowest BCUT2D eigenvalue weighted by atomic mass is 10.1. The molecule has 0 amide bonds. The van der Waals surface area contributed by atoms with E-state index in [1.807, 2.05) is 19.2 Å². The van der Waals surface area contributed by atoms with Crippen molar-refractivity contribution in [1.29, 1.82) is 0 Å². The van der Waals surface area contributed by atoms with E-state index in [-0.39, 0.29) is 6.04 Å². The Morgan fingerprint density at radius 2 is 2.06 bits per heavy atom. The molecule has 4 nitrogen and oxygen atoms in total. The van der Waals surface area contributed by atoms with E-state index >= 15 is 0 Å². The monoisotopic (exact) mass is 248 g/mol. The van der Waals surface area contributed by atoms with Crippen LogP contribution in [0, 0.1) is 0 Å². The van der Waals surface area contributed by atoms with Crippen LogP contribution in [0.5, 0.6) is 0 Å². The number of pyridine rings is 1. The van der Waals surface area contributed by atoms with E-state index in [2.05, 4.69) is 27.8 Å². The maximum atomic E-state index is 5.91. The van der Waals surface area contributed by atoms with Crippen molar-refractivity contribution in [3.63, 3.8) is 0 Å². The lowest BCUT2D eigenvalue weighted by molar-refractivity contribution is 0.270. The predicted octanol–water partition coefficient (Wildman–Crippen LogP) is 1.11. The molecule has 0 aliphatic carbocycles. The molecule has 0 bridgehead atoms. The highest BCUT2D eigenvalue weighted by Gasteiger charge is 2.19. The number of hydrogen-bond donors (Lipinski definition) is 1. The van der Waals surface area contributed by atoms with Crippen molar-refractivity contribution in [2.75, 3.05) is 37.6 Å². The highest BCUT2D eigenvalue weighted by Crippen LogP contribution is 2.20. The second-order valence-electron chi connectivity index (χ2n) is 5.09. The molecule has 0 saturated carbocycles. The van der Waals surface area contributed by atoms with Gasteiger partial charge >= 0.3 is 0 Å². The van der Waals surface area contributed by atoms with Crippen LogP contribution < -0.4 is 10.6 Å². The highest BCUT2D eigenvalue weighted by atomic mass is 15.3. The molecular formula is C14H24N4. The van der Waals surface area contributed by atoms with Crippen LogP contribution in [0.25, 0.3) is 0 Å². The van der Waals surface area contributed by atoms with Crippen molar-refractivity contribution in [2.45, 2.75) is 26.3 Å². The van der Waals surface area contributed by atoms with Crippen LogP contribution in [-0.2, 0) is 6.42 Å². The fourth-order valence-electron chi connectivity index (χ4n) is 2.50. The van der Waals surface area contributed by atoms with Gasteiger partial charge in [0.2, 0.25) is 0 Å². The van der Waals surface area contributed by atoms with Crippen molar-refractivity contribution in [3.8, 4) is 0 Å². The normalized spacial score (nSPS) is 18.9. The molecule has 1 aromatic rings. The Bertz CT molecular complexity index is 370. The zero-order valence-electron chi connectivity index (χ0n) is 11.5. The van der Waals surface area contributed by atoms with E-state index in [1.54, 1.807) is 0 Å². The topological polar surface area (TPSA) is 45.4 Å². The average Bonchev–Trinajstić information content (AvgIpc) is 2.39. The quantitative estimate of drug-likeness (QED) is 0.867. The number of anilines is 1. The Balaban J connectivity index is 2.08. The number of hydrogen-bond acceptors (Lipinski definition) is 4. The first kappa shape index (κ1) is 13.3. The zero-order valence-corrected chi connectivity index (χ0v) is 11.5. The molecule has 1 aliphatic heterocycles. The summed E-state index contributed by atoms with van der Waals surface area (Å²) in [4.78, 5) is 9.43. The van der Waals surface area contributed by atoms with Gasteiger partial charge < -0.3 is 15.5 Å². The molecule has 0 radical (unpaired) electrons. The summed E-state index contributed by atoms with van der Waals surface area (Å²) in [5.74, 6) is 1.13. The predicted molar refractivity (Wildman–Crippen MR) is 75.9 cm³/mol. The second kappa shape index (κ2) is 6.16. The van der Waals surface area contributed by atoms with E-state index in [0.29, 0.717) is 0 Å². The van der Waals surface area contributed by atoms with Crippen molar-refractivity contribution >= 4 is 5.82 Å². The summed E-state index contributed by atoms with van der Waals surface area (Å²) in [5.41, 5.74) is 7.19. The minimum absolute atomic E-state index is 0.185. The molecule has 100 valence electrons. The number of rotatable bonds is 4. The van der Waals surface area contributed by atoms with E-state index in [4.69, 9.17) is 5.73 Å². The van der Waals surface area contributed by atoms with Gasteiger partial charge in [-0.15, -0.1) is 0 Å². The Morgan fingerprint density at radius 1 is 1.33 bits per heavy atom. The summed E-state index contributed by atoms with van der Waals surface area (Å²) in [5, 5.41) is 0. The van der Waals surface area contributed by atoms with Crippen molar-refractivity contribution in [2.24, 2.45) is 5.73 Å². The van der Waals surface area contributed by atoms with Crippen LogP contribution >= 0.6 is 0 Å². The molecule has 2 N–H and O–H groups in total. The number of nitrogens with zero attached hydrogens (tertiary/aromatic N) is 3. The van der Waals surface area contributed by atoms with Gasteiger partial charge in [-0.25, -0.2) is 4.98 Å². The van der Waals surface area contributed by atoms with Gasteiger partial charge in [0.1, 0.15) is 5.82 Å². The first-order valence-corrected chi connectivity index (χ1v) is 6.87. The van der Waals surface area contributed by atoms with Gasteiger partial charge in [0.05, 0.1) is 0 Å². The largest absolute Gasteiger partial charge is 0.354 e. The van der Waals surface area contributed by atoms with Gasteiger partial charge in [0.15, 0.2) is 0 Å². The summed E-state index contributed by atoms with van der Waals surface area (Å²) >= 11 is 0. The van der Waals surface area contributed by atoms with Crippen LogP contribution in [-0.4, -0.2) is 48.6 Å². The second-order valence-corrected chi connectivity index (χ2v) is 5.09. The zero-order chi connectivity index (χ0) is 13.0. The molecule has 1 atom stereocenters. The third-order valence-electron chi connectivity index (χ3n) is 3.53. The summed E-state index contributed by atoms with van der Waals surface area (Å²) in [6, 6.07) is 4.34. The molecule has 1 unspecified atom stereocenters. The van der Waals surface area contributed by atoms with Gasteiger partial charge in [-0.3, -0.25) is 0 Å². The van der Waals surface area contributed by atoms with Crippen molar-refractivity contribution in [1.82, 2.24) is 9.88 Å². The summed E-state index contributed by atoms with van der Waals surface area (Å²) in [6.45, 7) is 9.80. The number of nitrogens with two attached hydrogens (primary N) is 1. The SMILES string of the molecule is CCN1CCN(c2ncccc2CC(C)N)CC1. The van der Waals surface area contributed by atoms with Gasteiger partial charge in [-0.05, 0) is 31.5 Å². The Morgan fingerprint density at radius 3 is 2.67 bits per heavy atom. The summed E-state index contributed by atoms with van der Waals surface area (Å²) in [7, 11) is 0. The third-order valence-corrected chi connectivity index (χ3v) is 3.53. The summed E-state index contributed by atoms with van der Waals surface area (Å²) < 4.78 is 0. The lowest BCUT2D eigenvalue weighted by Gasteiger charge is -2.35. The Hall–Kier alpha value is -1.13. The maximum Gasteiger partial charge on any atom is 0.131 e. The Labute approximate surface area is 110 Å². The minimum Gasteiger partial charge on any atom is -0.354 e. The fourth-order valence-corrected chi connectivity index (χ4v) is 2.50. The van der Waals surface area contributed by atoms with Gasteiger partial charge in [0, 0.05) is 38.4 Å². The molecule has 18 heavy (non-hydrogen) atoms. The first-order chi connectivity index (χ1) is 8.70. The fraction of sp³-hybridized carbons (Fsp3) is 0.643. The van der Waals surface area contributed by atoms with Gasteiger partial charge in [-0.2, -0.15) is 0 Å². The van der Waals surface area contributed by atoms with Crippen LogP contribution in [0.4, 0.5) is 5.82 Å². The standard InChI is InChI=1S/C14H24N4/c1-3-17-7-9-18(10-8-17)14-13(11-12(2)15)5-4-6-16-14/h4-6,12H,3,7-11,15H2,1-2H3. The molecule has 1 aliphatic rings. The van der Waals surface area contributed by atoms with Crippen LogP contribution in [0.3, 0.4) is 0 Å². The van der Waals surface area contributed by atoms with Crippen molar-refractivity contribution in [3.05, 3.63) is 23.9 Å². The smallest absolute Gasteiger partial charge is 0.131 e. The van der Waals surface area contributed by atoms with E-state index in [1.165, 1.54) is 5.56 Å². The lowest BCUT2D eigenvalue weighted by Crippen LogP contribution is -2.46. The van der Waals surface area contributed by atoms with Crippen LogP contribution in [0.1, 0.15) is 19.4 Å². The molecule has 1 aromatic heterocycles. The summed E-state index contributed by atoms with van der Waals surface area (Å²) in [6.07, 6.45) is 2.78. The van der Waals surface area contributed by atoms with Crippen LogP contribution in [0.2, 0.25) is 0 Å². The van der Waals surface area contributed by atoms with Crippen molar-refractivity contribution < 1.29 is 0 Å². The first-order valence-electron chi connectivity index (χ1n) is 6.87. The van der Waals surface area contributed by atoms with Crippen LogP contribution in [0.15, 0.2) is 18.3 Å². The molecule has 1 saturated heterocycles. The molecular weight excluding hydrogens is 224 g/mol.